The Kier molecular flexibility index (Phi) is 3.06. The van der Waals surface area contributed by atoms with Crippen molar-refractivity contribution in [3.05, 3.63) is 33.4 Å². The van der Waals surface area contributed by atoms with Crippen LogP contribution in [0.5, 0.6) is 5.75 Å². The van der Waals surface area contributed by atoms with Gasteiger partial charge < -0.3 is 10.5 Å². The Morgan fingerprint density at radius 3 is 2.62 bits per heavy atom. The van der Waals surface area contributed by atoms with Gasteiger partial charge in [0.25, 0.3) is 11.6 Å². The summed E-state index contributed by atoms with van der Waals surface area (Å²) >= 11 is 0. The molecule has 0 aliphatic heterocycles. The number of primary amides is 1. The Bertz CT molecular complexity index is 504. The molecule has 0 bridgehead atoms. The highest BCUT2D eigenvalue weighted by Crippen LogP contribution is 2.28. The van der Waals surface area contributed by atoms with Crippen molar-refractivity contribution in [2.24, 2.45) is 5.73 Å². The van der Waals surface area contributed by atoms with Crippen LogP contribution in [0.15, 0.2) is 12.1 Å². The fourth-order valence-corrected chi connectivity index (χ4v) is 1.17. The lowest BCUT2D eigenvalue weighted by Gasteiger charge is -2.04. The van der Waals surface area contributed by atoms with Gasteiger partial charge in [0.1, 0.15) is 17.4 Å². The van der Waals surface area contributed by atoms with E-state index in [1.165, 1.54) is 7.11 Å². The van der Waals surface area contributed by atoms with Gasteiger partial charge >= 0.3 is 0 Å². The Balaban J connectivity index is 3.55. The second kappa shape index (κ2) is 4.27. The van der Waals surface area contributed by atoms with Gasteiger partial charge in [0.2, 0.25) is 0 Å². The van der Waals surface area contributed by atoms with Crippen molar-refractivity contribution in [1.82, 2.24) is 0 Å². The van der Waals surface area contributed by atoms with Crippen molar-refractivity contribution in [2.45, 2.75) is 0 Å². The summed E-state index contributed by atoms with van der Waals surface area (Å²) in [7, 11) is 1.27. The Labute approximate surface area is 90.2 Å². The van der Waals surface area contributed by atoms with Gasteiger partial charge in [0, 0.05) is 0 Å². The molecule has 7 nitrogen and oxygen atoms in total. The standard InChI is InChI=1S/C9H7N3O4/c1-16-8-3-7(12(14)15)6(9(11)13)2-5(8)4-10/h2-3H,1H3,(H2,11,13). The number of nitro benzene ring substituents is 1. The van der Waals surface area contributed by atoms with Crippen LogP contribution in [-0.4, -0.2) is 17.9 Å². The van der Waals surface area contributed by atoms with Crippen LogP contribution in [0.3, 0.4) is 0 Å². The highest BCUT2D eigenvalue weighted by molar-refractivity contribution is 5.97. The first-order chi connectivity index (χ1) is 7.51. The number of carbonyl (C=O) groups excluding carboxylic acids is 1. The zero-order valence-electron chi connectivity index (χ0n) is 8.26. The molecule has 1 aromatic carbocycles. The van der Waals surface area contributed by atoms with Gasteiger partial charge in [-0.2, -0.15) is 5.26 Å². The molecule has 0 spiro atoms. The summed E-state index contributed by atoms with van der Waals surface area (Å²) in [5.74, 6) is -0.940. The minimum Gasteiger partial charge on any atom is -0.495 e. The number of amides is 1. The molecular weight excluding hydrogens is 214 g/mol. The zero-order chi connectivity index (χ0) is 12.3. The maximum atomic E-state index is 11.0. The lowest BCUT2D eigenvalue weighted by Crippen LogP contribution is -2.14. The van der Waals surface area contributed by atoms with Crippen LogP contribution in [0.2, 0.25) is 0 Å². The average molecular weight is 221 g/mol. The number of hydrogen-bond donors (Lipinski definition) is 1. The Morgan fingerprint density at radius 1 is 1.62 bits per heavy atom. The van der Waals surface area contributed by atoms with Crippen LogP contribution < -0.4 is 10.5 Å². The summed E-state index contributed by atoms with van der Waals surface area (Å²) in [6, 6.07) is 3.79. The molecule has 0 heterocycles. The van der Waals surface area contributed by atoms with Crippen LogP contribution in [-0.2, 0) is 0 Å². The fraction of sp³-hybridized carbons (Fsp3) is 0.111. The minimum atomic E-state index is -0.967. The molecule has 7 heteroatoms. The predicted molar refractivity (Wildman–Crippen MR) is 52.9 cm³/mol. The molecule has 1 amide bonds. The predicted octanol–water partition coefficient (Wildman–Crippen LogP) is 0.574. The van der Waals surface area contributed by atoms with E-state index in [9.17, 15) is 14.9 Å². The number of nitriles is 1. The van der Waals surface area contributed by atoms with E-state index in [-0.39, 0.29) is 16.9 Å². The monoisotopic (exact) mass is 221 g/mol. The molecule has 0 aromatic heterocycles. The minimum absolute atomic E-state index is 0.0156. The maximum Gasteiger partial charge on any atom is 0.285 e. The highest BCUT2D eigenvalue weighted by atomic mass is 16.6. The van der Waals surface area contributed by atoms with Crippen molar-refractivity contribution >= 4 is 11.6 Å². The van der Waals surface area contributed by atoms with E-state index in [0.717, 1.165) is 12.1 Å². The molecule has 0 fully saturated rings. The van der Waals surface area contributed by atoms with Crippen molar-refractivity contribution in [3.8, 4) is 11.8 Å². The normalized spacial score (nSPS) is 9.25. The maximum absolute atomic E-state index is 11.0. The first-order valence-corrected chi connectivity index (χ1v) is 4.07. The topological polar surface area (TPSA) is 119 Å². The van der Waals surface area contributed by atoms with Crippen molar-refractivity contribution < 1.29 is 14.5 Å². The second-order valence-corrected chi connectivity index (χ2v) is 2.80. The van der Waals surface area contributed by atoms with E-state index in [1.807, 2.05) is 0 Å². The average Bonchev–Trinajstić information content (AvgIpc) is 2.26. The van der Waals surface area contributed by atoms with E-state index in [1.54, 1.807) is 6.07 Å². The molecule has 0 atom stereocenters. The van der Waals surface area contributed by atoms with Gasteiger partial charge in [-0.1, -0.05) is 0 Å². The summed E-state index contributed by atoms with van der Waals surface area (Å²) in [5.41, 5.74) is 4.19. The second-order valence-electron chi connectivity index (χ2n) is 2.80. The number of methoxy groups -OCH3 is 1. The third kappa shape index (κ3) is 1.90. The smallest absolute Gasteiger partial charge is 0.285 e. The molecule has 16 heavy (non-hydrogen) atoms. The van der Waals surface area contributed by atoms with E-state index in [0.29, 0.717) is 0 Å². The number of rotatable bonds is 3. The molecule has 1 rings (SSSR count). The summed E-state index contributed by atoms with van der Waals surface area (Å²) in [5, 5.41) is 19.4. The lowest BCUT2D eigenvalue weighted by atomic mass is 10.1. The molecule has 0 saturated heterocycles. The molecule has 1 aromatic rings. The fourth-order valence-electron chi connectivity index (χ4n) is 1.17. The first-order valence-electron chi connectivity index (χ1n) is 4.07. The van der Waals surface area contributed by atoms with E-state index in [4.69, 9.17) is 15.7 Å². The number of carbonyl (C=O) groups is 1. The van der Waals surface area contributed by atoms with Gasteiger partial charge in [0.15, 0.2) is 0 Å². The first kappa shape index (κ1) is 11.5. The Morgan fingerprint density at radius 2 is 2.25 bits per heavy atom. The number of nitrogens with zero attached hydrogens (tertiary/aromatic N) is 2. The third-order valence-electron chi connectivity index (χ3n) is 1.90. The third-order valence-corrected chi connectivity index (χ3v) is 1.90. The SMILES string of the molecule is COc1cc([N+](=O)[O-])c(C(N)=O)cc1C#N. The molecule has 0 radical (unpaired) electrons. The van der Waals surface area contributed by atoms with Gasteiger partial charge in [-0.25, -0.2) is 0 Å². The van der Waals surface area contributed by atoms with Crippen molar-refractivity contribution in [2.75, 3.05) is 7.11 Å². The van der Waals surface area contributed by atoms with Crippen LogP contribution >= 0.6 is 0 Å². The zero-order valence-corrected chi connectivity index (χ0v) is 8.26. The molecule has 0 aliphatic rings. The number of benzene rings is 1. The van der Waals surface area contributed by atoms with Crippen LogP contribution in [0.4, 0.5) is 5.69 Å². The molecule has 0 aliphatic carbocycles. The molecule has 0 unspecified atom stereocenters. The molecule has 2 N–H and O–H groups in total. The molecule has 0 saturated carbocycles. The van der Waals surface area contributed by atoms with Crippen molar-refractivity contribution in [1.29, 1.82) is 5.26 Å². The van der Waals surface area contributed by atoms with E-state index >= 15 is 0 Å². The number of hydrogen-bond acceptors (Lipinski definition) is 5. The van der Waals surface area contributed by atoms with Crippen LogP contribution in [0.1, 0.15) is 15.9 Å². The van der Waals surface area contributed by atoms with Crippen LogP contribution in [0.25, 0.3) is 0 Å². The quantitative estimate of drug-likeness (QED) is 0.591. The lowest BCUT2D eigenvalue weighted by molar-refractivity contribution is -0.385. The number of nitrogens with two attached hydrogens (primary N) is 1. The molecular formula is C9H7N3O4. The Hall–Kier alpha value is -2.62. The molecule has 82 valence electrons. The summed E-state index contributed by atoms with van der Waals surface area (Å²) in [6.45, 7) is 0. The highest BCUT2D eigenvalue weighted by Gasteiger charge is 2.22. The van der Waals surface area contributed by atoms with Crippen LogP contribution in [0, 0.1) is 21.4 Å². The van der Waals surface area contributed by atoms with Gasteiger partial charge in [-0.05, 0) is 6.07 Å². The summed E-state index contributed by atoms with van der Waals surface area (Å²) in [6.07, 6.45) is 0. The number of nitro groups is 1. The van der Waals surface area contributed by atoms with Gasteiger partial charge in [0.05, 0.1) is 23.7 Å². The van der Waals surface area contributed by atoms with Gasteiger partial charge in [-0.3, -0.25) is 14.9 Å². The largest absolute Gasteiger partial charge is 0.495 e. The van der Waals surface area contributed by atoms with E-state index < -0.39 is 16.5 Å². The van der Waals surface area contributed by atoms with Gasteiger partial charge in [-0.15, -0.1) is 0 Å². The van der Waals surface area contributed by atoms with Crippen molar-refractivity contribution in [3.63, 3.8) is 0 Å². The number of ether oxygens (including phenoxy) is 1. The summed E-state index contributed by atoms with van der Waals surface area (Å²) < 4.78 is 4.78. The van der Waals surface area contributed by atoms with E-state index in [2.05, 4.69) is 0 Å². The summed E-state index contributed by atoms with van der Waals surface area (Å²) in [4.78, 5) is 20.9.